The number of aromatic nitrogens is 2. The number of nitrogens with zero attached hydrogens (tertiary/aromatic N) is 1. The van der Waals surface area contributed by atoms with Crippen LogP contribution in [-0.2, 0) is 4.74 Å². The Balaban J connectivity index is 1.54. The first-order valence-corrected chi connectivity index (χ1v) is 9.04. The molecule has 0 saturated heterocycles. The third-order valence-corrected chi connectivity index (χ3v) is 4.52. The van der Waals surface area contributed by atoms with Crippen molar-refractivity contribution in [2.24, 2.45) is 0 Å². The summed E-state index contributed by atoms with van der Waals surface area (Å²) in [5.74, 6) is 0.242. The van der Waals surface area contributed by atoms with Gasteiger partial charge in [-0.1, -0.05) is 42.5 Å². The van der Waals surface area contributed by atoms with Crippen LogP contribution < -0.4 is 4.74 Å². The number of H-pyrrole nitrogens is 1. The number of fused-ring (bicyclic) bond motifs is 1. The largest absolute Gasteiger partial charge is 0.497 e. The maximum atomic E-state index is 12.7. The summed E-state index contributed by atoms with van der Waals surface area (Å²) < 4.78 is 10.4. The van der Waals surface area contributed by atoms with Crippen molar-refractivity contribution < 1.29 is 19.1 Å². The van der Waals surface area contributed by atoms with Gasteiger partial charge in [0.15, 0.2) is 12.4 Å². The molecule has 0 spiro atoms. The highest BCUT2D eigenvalue weighted by atomic mass is 16.5. The average Bonchev–Trinajstić information content (AvgIpc) is 3.21. The van der Waals surface area contributed by atoms with E-state index in [-0.39, 0.29) is 12.4 Å². The second-order valence-corrected chi connectivity index (χ2v) is 6.38. The van der Waals surface area contributed by atoms with Gasteiger partial charge in [0.05, 0.1) is 23.7 Å². The zero-order valence-electron chi connectivity index (χ0n) is 15.7. The lowest BCUT2D eigenvalue weighted by atomic mass is 10.1. The van der Waals surface area contributed by atoms with Gasteiger partial charge in [0.25, 0.3) is 0 Å². The fourth-order valence-electron chi connectivity index (χ4n) is 3.04. The van der Waals surface area contributed by atoms with Gasteiger partial charge in [0.2, 0.25) is 0 Å². The number of Topliss-reactive ketones (excluding diaryl/α,β-unsaturated/α-hetero) is 1. The summed E-state index contributed by atoms with van der Waals surface area (Å²) in [6.45, 7) is -0.361. The number of para-hydroxylation sites is 2. The number of aromatic amines is 1. The first-order valence-electron chi connectivity index (χ1n) is 9.04. The maximum Gasteiger partial charge on any atom is 0.339 e. The zero-order chi connectivity index (χ0) is 20.2. The SMILES string of the molecule is COc1cccc(C(=O)COC(=O)c2ccccc2-c2nc3ccccc3[nH]2)c1. The molecule has 0 bridgehead atoms. The first kappa shape index (κ1) is 18.4. The van der Waals surface area contributed by atoms with E-state index in [2.05, 4.69) is 9.97 Å². The molecule has 6 nitrogen and oxygen atoms in total. The number of hydrogen-bond donors (Lipinski definition) is 1. The number of rotatable bonds is 6. The lowest BCUT2D eigenvalue weighted by Gasteiger charge is -2.08. The molecule has 0 aliphatic carbocycles. The second kappa shape index (κ2) is 7.98. The highest BCUT2D eigenvalue weighted by molar-refractivity contribution is 6.01. The van der Waals surface area contributed by atoms with Crippen molar-refractivity contribution in [3.05, 3.63) is 83.9 Å². The summed E-state index contributed by atoms with van der Waals surface area (Å²) in [7, 11) is 1.53. The van der Waals surface area contributed by atoms with Crippen LogP contribution >= 0.6 is 0 Å². The number of carbonyl (C=O) groups excluding carboxylic acids is 2. The molecule has 0 radical (unpaired) electrons. The maximum absolute atomic E-state index is 12.7. The number of benzene rings is 3. The number of esters is 1. The Hall–Kier alpha value is -3.93. The molecule has 0 aliphatic rings. The molecule has 0 aliphatic heterocycles. The van der Waals surface area contributed by atoms with E-state index in [1.807, 2.05) is 30.3 Å². The lowest BCUT2D eigenvalue weighted by molar-refractivity contribution is 0.0475. The zero-order valence-corrected chi connectivity index (χ0v) is 15.7. The summed E-state index contributed by atoms with van der Waals surface area (Å²) >= 11 is 0. The Morgan fingerprint density at radius 1 is 0.966 bits per heavy atom. The Bertz CT molecular complexity index is 1160. The van der Waals surface area contributed by atoms with Crippen molar-refractivity contribution in [1.29, 1.82) is 0 Å². The topological polar surface area (TPSA) is 81.3 Å². The minimum atomic E-state index is -0.586. The van der Waals surface area contributed by atoms with Gasteiger partial charge in [0.1, 0.15) is 11.6 Å². The van der Waals surface area contributed by atoms with Crippen LogP contribution in [0, 0.1) is 0 Å². The minimum Gasteiger partial charge on any atom is -0.497 e. The number of hydrogen-bond acceptors (Lipinski definition) is 5. The molecule has 1 aromatic heterocycles. The molecule has 144 valence electrons. The molecule has 0 fully saturated rings. The van der Waals surface area contributed by atoms with Crippen LogP contribution in [0.25, 0.3) is 22.4 Å². The fraction of sp³-hybridized carbons (Fsp3) is 0.0870. The Morgan fingerprint density at radius 2 is 1.76 bits per heavy atom. The van der Waals surface area contributed by atoms with Crippen LogP contribution in [0.15, 0.2) is 72.8 Å². The van der Waals surface area contributed by atoms with Crippen molar-refractivity contribution >= 4 is 22.8 Å². The van der Waals surface area contributed by atoms with E-state index in [1.54, 1.807) is 42.5 Å². The molecule has 4 rings (SSSR count). The molecule has 0 amide bonds. The molecule has 1 N–H and O–H groups in total. The number of methoxy groups -OCH3 is 1. The number of nitrogens with one attached hydrogen (secondary N) is 1. The third-order valence-electron chi connectivity index (χ3n) is 4.52. The molecular formula is C23H18N2O4. The van der Waals surface area contributed by atoms with Crippen LogP contribution in [0.2, 0.25) is 0 Å². The summed E-state index contributed by atoms with van der Waals surface area (Å²) in [5.41, 5.74) is 3.05. The highest BCUT2D eigenvalue weighted by Gasteiger charge is 2.18. The summed E-state index contributed by atoms with van der Waals surface area (Å²) in [6.07, 6.45) is 0. The van der Waals surface area contributed by atoms with Crippen molar-refractivity contribution in [3.8, 4) is 17.1 Å². The fourth-order valence-corrected chi connectivity index (χ4v) is 3.04. The van der Waals surface area contributed by atoms with Crippen LogP contribution in [0.4, 0.5) is 0 Å². The van der Waals surface area contributed by atoms with E-state index in [1.165, 1.54) is 7.11 Å². The molecule has 3 aromatic carbocycles. The van der Waals surface area contributed by atoms with Crippen LogP contribution in [0.5, 0.6) is 5.75 Å². The van der Waals surface area contributed by atoms with Gasteiger partial charge in [-0.3, -0.25) is 4.79 Å². The number of carbonyl (C=O) groups is 2. The van der Waals surface area contributed by atoms with Crippen molar-refractivity contribution in [1.82, 2.24) is 9.97 Å². The minimum absolute atomic E-state index is 0.307. The predicted molar refractivity (Wildman–Crippen MR) is 109 cm³/mol. The van der Waals surface area contributed by atoms with E-state index in [9.17, 15) is 9.59 Å². The third kappa shape index (κ3) is 3.87. The van der Waals surface area contributed by atoms with Crippen molar-refractivity contribution in [3.63, 3.8) is 0 Å². The van der Waals surface area contributed by atoms with E-state index in [0.717, 1.165) is 11.0 Å². The molecule has 6 heteroatoms. The summed E-state index contributed by atoms with van der Waals surface area (Å²) in [6, 6.07) is 21.3. The average molecular weight is 386 g/mol. The molecule has 1 heterocycles. The monoisotopic (exact) mass is 386 g/mol. The molecule has 29 heavy (non-hydrogen) atoms. The van der Waals surface area contributed by atoms with Gasteiger partial charge < -0.3 is 14.5 Å². The van der Waals surface area contributed by atoms with Crippen LogP contribution in [-0.4, -0.2) is 35.4 Å². The van der Waals surface area contributed by atoms with Crippen molar-refractivity contribution in [2.45, 2.75) is 0 Å². The van der Waals surface area contributed by atoms with Crippen LogP contribution in [0.1, 0.15) is 20.7 Å². The standard InChI is InChI=1S/C23H18N2O4/c1-28-16-8-6-7-15(13-16)21(26)14-29-23(27)18-10-3-2-9-17(18)22-24-19-11-4-5-12-20(19)25-22/h2-13H,14H2,1H3,(H,24,25). The van der Waals surface area contributed by atoms with E-state index in [0.29, 0.717) is 28.3 Å². The number of ether oxygens (including phenoxy) is 2. The van der Waals surface area contributed by atoms with Gasteiger partial charge in [-0.2, -0.15) is 0 Å². The summed E-state index contributed by atoms with van der Waals surface area (Å²) in [5, 5.41) is 0. The van der Waals surface area contributed by atoms with Gasteiger partial charge in [-0.15, -0.1) is 0 Å². The lowest BCUT2D eigenvalue weighted by Crippen LogP contribution is -2.15. The molecular weight excluding hydrogens is 368 g/mol. The molecule has 0 atom stereocenters. The Kier molecular flexibility index (Phi) is 5.07. The number of imidazole rings is 1. The van der Waals surface area contributed by atoms with E-state index < -0.39 is 5.97 Å². The smallest absolute Gasteiger partial charge is 0.339 e. The quantitative estimate of drug-likeness (QED) is 0.395. The second-order valence-electron chi connectivity index (χ2n) is 6.38. The van der Waals surface area contributed by atoms with Gasteiger partial charge in [0, 0.05) is 11.1 Å². The predicted octanol–water partition coefficient (Wildman–Crippen LogP) is 4.28. The summed E-state index contributed by atoms with van der Waals surface area (Å²) in [4.78, 5) is 32.8. The van der Waals surface area contributed by atoms with E-state index in [4.69, 9.17) is 9.47 Å². The highest BCUT2D eigenvalue weighted by Crippen LogP contribution is 2.24. The Labute approximate surface area is 167 Å². The normalized spacial score (nSPS) is 10.7. The van der Waals surface area contributed by atoms with Crippen molar-refractivity contribution in [2.75, 3.05) is 13.7 Å². The van der Waals surface area contributed by atoms with Gasteiger partial charge in [-0.25, -0.2) is 9.78 Å². The molecule has 4 aromatic rings. The number of ketones is 1. The van der Waals surface area contributed by atoms with Gasteiger partial charge >= 0.3 is 5.97 Å². The Morgan fingerprint density at radius 3 is 2.59 bits per heavy atom. The first-order chi connectivity index (χ1) is 14.2. The van der Waals surface area contributed by atoms with Crippen LogP contribution in [0.3, 0.4) is 0 Å². The van der Waals surface area contributed by atoms with E-state index >= 15 is 0 Å². The van der Waals surface area contributed by atoms with Gasteiger partial charge in [-0.05, 0) is 30.3 Å². The molecule has 0 saturated carbocycles. The molecule has 0 unspecified atom stereocenters.